The minimum Gasteiger partial charge on any atom is -0.317 e. The molecule has 0 amide bonds. The van der Waals surface area contributed by atoms with Crippen molar-refractivity contribution >= 4 is 16.6 Å². The maximum atomic E-state index is 13.0. The van der Waals surface area contributed by atoms with Gasteiger partial charge in [-0.1, -0.05) is 48.5 Å². The molecule has 0 atom stereocenters. The molecule has 0 unspecified atom stereocenters. The lowest BCUT2D eigenvalue weighted by molar-refractivity contribution is -0.137. The van der Waals surface area contributed by atoms with E-state index in [9.17, 15) is 18.0 Å². The van der Waals surface area contributed by atoms with Gasteiger partial charge in [0.1, 0.15) is 0 Å². The van der Waals surface area contributed by atoms with Gasteiger partial charge in [-0.2, -0.15) is 13.2 Å². The Morgan fingerprint density at radius 3 is 2.06 bits per heavy atom. The number of piperidine rings is 1. The van der Waals surface area contributed by atoms with Crippen molar-refractivity contribution in [3.8, 4) is 22.3 Å². The zero-order chi connectivity index (χ0) is 24.6. The minimum absolute atomic E-state index is 0.0283. The van der Waals surface area contributed by atoms with Crippen molar-refractivity contribution in [3.05, 3.63) is 95.6 Å². The van der Waals surface area contributed by atoms with E-state index in [1.165, 1.54) is 17.7 Å². The van der Waals surface area contributed by atoms with Crippen LogP contribution in [-0.4, -0.2) is 18.9 Å². The molecular weight excluding hydrogens is 447 g/mol. The molecule has 1 N–H and O–H groups in total. The molecule has 178 valence electrons. The number of carbonyl (C=O) groups is 1. The first-order valence-corrected chi connectivity index (χ1v) is 11.9. The summed E-state index contributed by atoms with van der Waals surface area (Å²) in [5.74, 6) is 0.538. The topological polar surface area (TPSA) is 29.1 Å². The summed E-state index contributed by atoms with van der Waals surface area (Å²) < 4.78 is 38.9. The van der Waals surface area contributed by atoms with Gasteiger partial charge in [-0.05, 0) is 108 Å². The summed E-state index contributed by atoms with van der Waals surface area (Å²) in [5, 5.41) is 5.28. The molecule has 1 saturated heterocycles. The summed E-state index contributed by atoms with van der Waals surface area (Å²) in [5.41, 5.74) is 4.80. The molecule has 2 nitrogen and oxygen atoms in total. The number of hydrogen-bond acceptors (Lipinski definition) is 2. The Morgan fingerprint density at radius 1 is 0.800 bits per heavy atom. The van der Waals surface area contributed by atoms with Crippen LogP contribution in [0, 0.1) is 0 Å². The van der Waals surface area contributed by atoms with Crippen LogP contribution >= 0.6 is 0 Å². The molecule has 1 heterocycles. The zero-order valence-electron chi connectivity index (χ0n) is 19.5. The summed E-state index contributed by atoms with van der Waals surface area (Å²) in [6, 6.07) is 23.4. The fraction of sp³-hybridized carbons (Fsp3) is 0.233. The molecule has 0 bridgehead atoms. The number of ketones is 1. The van der Waals surface area contributed by atoms with Gasteiger partial charge in [0, 0.05) is 5.56 Å². The van der Waals surface area contributed by atoms with E-state index in [4.69, 9.17) is 0 Å². The van der Waals surface area contributed by atoms with Gasteiger partial charge in [0.05, 0.1) is 5.56 Å². The van der Waals surface area contributed by atoms with E-state index in [1.54, 1.807) is 6.92 Å². The van der Waals surface area contributed by atoms with E-state index in [0.29, 0.717) is 17.0 Å². The van der Waals surface area contributed by atoms with E-state index in [1.807, 2.05) is 30.3 Å². The molecule has 0 radical (unpaired) electrons. The molecule has 35 heavy (non-hydrogen) atoms. The monoisotopic (exact) mass is 473 g/mol. The first-order valence-electron chi connectivity index (χ1n) is 11.9. The summed E-state index contributed by atoms with van der Waals surface area (Å²) in [4.78, 5) is 12.3. The molecule has 1 aliphatic rings. The van der Waals surface area contributed by atoms with Crippen LogP contribution in [0.5, 0.6) is 0 Å². The average molecular weight is 474 g/mol. The maximum Gasteiger partial charge on any atom is 0.416 e. The lowest BCUT2D eigenvalue weighted by Crippen LogP contribution is -2.26. The minimum atomic E-state index is -4.36. The molecule has 0 spiro atoms. The number of nitrogens with one attached hydrogen (secondary N) is 1. The fourth-order valence-corrected chi connectivity index (χ4v) is 4.93. The van der Waals surface area contributed by atoms with Crippen molar-refractivity contribution < 1.29 is 18.0 Å². The number of fused-ring (bicyclic) bond motifs is 1. The number of benzene rings is 4. The Bertz CT molecular complexity index is 1370. The normalized spacial score (nSPS) is 14.9. The van der Waals surface area contributed by atoms with Crippen molar-refractivity contribution in [1.29, 1.82) is 0 Å². The van der Waals surface area contributed by atoms with Crippen LogP contribution in [0.3, 0.4) is 0 Å². The van der Waals surface area contributed by atoms with Crippen LogP contribution in [-0.2, 0) is 6.18 Å². The molecule has 0 saturated carbocycles. The third-order valence-electron chi connectivity index (χ3n) is 6.94. The van der Waals surface area contributed by atoms with E-state index < -0.39 is 11.7 Å². The Hall–Kier alpha value is -3.44. The molecular formula is C30H26F3NO. The second-order valence-electron chi connectivity index (χ2n) is 9.24. The van der Waals surface area contributed by atoms with E-state index in [-0.39, 0.29) is 5.78 Å². The van der Waals surface area contributed by atoms with E-state index in [0.717, 1.165) is 65.5 Å². The van der Waals surface area contributed by atoms with Crippen molar-refractivity contribution in [3.63, 3.8) is 0 Å². The molecule has 1 fully saturated rings. The summed E-state index contributed by atoms with van der Waals surface area (Å²) in [7, 11) is 0. The maximum absolute atomic E-state index is 13.0. The highest BCUT2D eigenvalue weighted by molar-refractivity contribution is 6.05. The quantitative estimate of drug-likeness (QED) is 0.306. The van der Waals surface area contributed by atoms with Gasteiger partial charge >= 0.3 is 6.18 Å². The van der Waals surface area contributed by atoms with Gasteiger partial charge in [-0.3, -0.25) is 4.79 Å². The first kappa shape index (κ1) is 23.3. The lowest BCUT2D eigenvalue weighted by Gasteiger charge is -2.23. The first-order chi connectivity index (χ1) is 16.8. The van der Waals surface area contributed by atoms with E-state index >= 15 is 0 Å². The Labute approximate surface area is 202 Å². The van der Waals surface area contributed by atoms with Crippen LogP contribution in [0.1, 0.15) is 47.2 Å². The second kappa shape index (κ2) is 9.31. The predicted octanol–water partition coefficient (Wildman–Crippen LogP) is 7.86. The van der Waals surface area contributed by atoms with Gasteiger partial charge in [-0.25, -0.2) is 0 Å². The van der Waals surface area contributed by atoms with Gasteiger partial charge in [0.2, 0.25) is 0 Å². The number of alkyl halides is 3. The van der Waals surface area contributed by atoms with E-state index in [2.05, 4.69) is 29.6 Å². The molecule has 0 aliphatic carbocycles. The molecule has 5 heteroatoms. The van der Waals surface area contributed by atoms with Crippen molar-refractivity contribution in [2.45, 2.75) is 31.9 Å². The van der Waals surface area contributed by atoms with Crippen molar-refractivity contribution in [2.75, 3.05) is 13.1 Å². The number of Topliss-reactive ketones (excluding diaryl/α,β-unsaturated/α-hetero) is 1. The summed E-state index contributed by atoms with van der Waals surface area (Å²) in [6.45, 7) is 3.63. The highest BCUT2D eigenvalue weighted by Gasteiger charge is 2.30. The highest BCUT2D eigenvalue weighted by atomic mass is 19.4. The predicted molar refractivity (Wildman–Crippen MR) is 135 cm³/mol. The van der Waals surface area contributed by atoms with Gasteiger partial charge in [0.25, 0.3) is 0 Å². The number of carbonyl (C=O) groups excluding carboxylic acids is 1. The summed E-state index contributed by atoms with van der Waals surface area (Å²) >= 11 is 0. The van der Waals surface area contributed by atoms with Crippen molar-refractivity contribution in [2.24, 2.45) is 0 Å². The van der Waals surface area contributed by atoms with Crippen molar-refractivity contribution in [1.82, 2.24) is 5.32 Å². The van der Waals surface area contributed by atoms with Crippen LogP contribution in [0.4, 0.5) is 13.2 Å². The van der Waals surface area contributed by atoms with Crippen LogP contribution in [0.15, 0.2) is 78.9 Å². The zero-order valence-corrected chi connectivity index (χ0v) is 19.5. The van der Waals surface area contributed by atoms with Crippen LogP contribution < -0.4 is 5.32 Å². The number of halogens is 3. The third-order valence-corrected chi connectivity index (χ3v) is 6.94. The number of hydrogen-bond donors (Lipinski definition) is 1. The molecule has 0 aromatic heterocycles. The standard InChI is InChI=1S/C30H26F3NO/c1-19(35)25-17-26-16-24(21-6-9-27(10-7-21)30(31,32)33)8-11-28(26)29(18-25)23-4-2-20(3-5-23)22-12-14-34-15-13-22/h2-11,16-18,22,34H,12-15H2,1H3. The fourth-order valence-electron chi connectivity index (χ4n) is 4.93. The van der Waals surface area contributed by atoms with Crippen LogP contribution in [0.2, 0.25) is 0 Å². The number of rotatable bonds is 4. The smallest absolute Gasteiger partial charge is 0.317 e. The second-order valence-corrected chi connectivity index (χ2v) is 9.24. The molecule has 4 aromatic rings. The van der Waals surface area contributed by atoms with Crippen LogP contribution in [0.25, 0.3) is 33.0 Å². The SMILES string of the molecule is CC(=O)c1cc(-c2ccc(C3CCNCC3)cc2)c2ccc(-c3ccc(C(F)(F)F)cc3)cc2c1. The lowest BCUT2D eigenvalue weighted by atomic mass is 9.88. The van der Waals surface area contributed by atoms with Gasteiger partial charge in [0.15, 0.2) is 5.78 Å². The Balaban J connectivity index is 1.55. The van der Waals surface area contributed by atoms with Gasteiger partial charge < -0.3 is 5.32 Å². The molecule has 4 aromatic carbocycles. The third kappa shape index (κ3) is 4.87. The Kier molecular flexibility index (Phi) is 6.20. The largest absolute Gasteiger partial charge is 0.416 e. The average Bonchev–Trinajstić information content (AvgIpc) is 2.88. The Morgan fingerprint density at radius 2 is 1.43 bits per heavy atom. The summed E-state index contributed by atoms with van der Waals surface area (Å²) in [6.07, 6.45) is -2.10. The highest BCUT2D eigenvalue weighted by Crippen LogP contribution is 2.36. The molecule has 5 rings (SSSR count). The molecule has 1 aliphatic heterocycles. The van der Waals surface area contributed by atoms with Gasteiger partial charge in [-0.15, -0.1) is 0 Å².